The molecule has 0 atom stereocenters. The summed E-state index contributed by atoms with van der Waals surface area (Å²) in [6.45, 7) is 2.92. The number of carboxylic acid groups (broad SMARTS) is 1. The molecule has 176 valence electrons. The molecule has 6 nitrogen and oxygen atoms in total. The van der Waals surface area contributed by atoms with Gasteiger partial charge in [-0.3, -0.25) is 15.1 Å². The van der Waals surface area contributed by atoms with E-state index in [1.54, 1.807) is 0 Å². The number of benzene rings is 1. The monoisotopic (exact) mass is 456 g/mol. The minimum absolute atomic E-state index is 0.328. The van der Waals surface area contributed by atoms with E-state index in [0.717, 1.165) is 63.1 Å². The van der Waals surface area contributed by atoms with E-state index in [-0.39, 0.29) is 0 Å². The van der Waals surface area contributed by atoms with E-state index < -0.39 is 5.97 Å². The van der Waals surface area contributed by atoms with Crippen LogP contribution in [0.15, 0.2) is 58.5 Å². The molecule has 0 amide bonds. The summed E-state index contributed by atoms with van der Waals surface area (Å²) in [4.78, 5) is 15.9. The van der Waals surface area contributed by atoms with Gasteiger partial charge in [0.05, 0.1) is 11.4 Å². The molecular weight excluding hydrogens is 424 g/mol. The van der Waals surface area contributed by atoms with Crippen LogP contribution < -0.4 is 5.43 Å². The molecule has 0 saturated heterocycles. The van der Waals surface area contributed by atoms with Crippen LogP contribution in [0.25, 0.3) is 11.6 Å². The Morgan fingerprint density at radius 3 is 2.82 bits per heavy atom. The Morgan fingerprint density at radius 2 is 2.06 bits per heavy atom. The summed E-state index contributed by atoms with van der Waals surface area (Å²) < 4.78 is 0. The molecular formula is C28H32N4O2. The second kappa shape index (κ2) is 8.58. The lowest BCUT2D eigenvalue weighted by atomic mass is 9.82. The topological polar surface area (TPSA) is 68.2 Å². The van der Waals surface area contributed by atoms with Crippen LogP contribution in [0.4, 0.5) is 0 Å². The predicted molar refractivity (Wildman–Crippen MR) is 135 cm³/mol. The van der Waals surface area contributed by atoms with Gasteiger partial charge in [-0.05, 0) is 60.8 Å². The molecule has 0 radical (unpaired) electrons. The summed E-state index contributed by atoms with van der Waals surface area (Å²) in [5.74, 6) is -0.296. The molecule has 1 saturated carbocycles. The second-order valence-electron chi connectivity index (χ2n) is 10.3. The lowest BCUT2D eigenvalue weighted by Gasteiger charge is -2.39. The number of allylic oxidation sites excluding steroid dienone is 2. The number of rotatable bonds is 4. The molecule has 5 aliphatic rings. The molecule has 1 aromatic rings. The molecule has 34 heavy (non-hydrogen) atoms. The van der Waals surface area contributed by atoms with E-state index in [1.807, 2.05) is 0 Å². The third kappa shape index (κ3) is 3.80. The zero-order valence-corrected chi connectivity index (χ0v) is 19.8. The lowest BCUT2D eigenvalue weighted by molar-refractivity contribution is -0.138. The van der Waals surface area contributed by atoms with Gasteiger partial charge in [-0.1, -0.05) is 30.4 Å². The maximum Gasteiger partial charge on any atom is 0.303 e. The van der Waals surface area contributed by atoms with Crippen LogP contribution in [0.5, 0.6) is 0 Å². The Balaban J connectivity index is 1.23. The molecule has 1 aromatic carbocycles. The third-order valence-corrected chi connectivity index (χ3v) is 8.10. The van der Waals surface area contributed by atoms with Crippen molar-refractivity contribution in [1.82, 2.24) is 15.2 Å². The molecule has 6 heteroatoms. The number of nitrogens with zero attached hydrogens (tertiary/aromatic N) is 3. The van der Waals surface area contributed by atoms with Crippen molar-refractivity contribution in [2.75, 3.05) is 26.7 Å². The smallest absolute Gasteiger partial charge is 0.303 e. The van der Waals surface area contributed by atoms with Crippen molar-refractivity contribution in [3.63, 3.8) is 0 Å². The van der Waals surface area contributed by atoms with Crippen LogP contribution in [-0.2, 0) is 4.79 Å². The van der Waals surface area contributed by atoms with Gasteiger partial charge in [-0.2, -0.15) is 5.10 Å². The average molecular weight is 457 g/mol. The molecule has 6 rings (SSSR count). The van der Waals surface area contributed by atoms with Gasteiger partial charge in [-0.25, -0.2) is 0 Å². The van der Waals surface area contributed by atoms with Crippen molar-refractivity contribution in [1.29, 1.82) is 0 Å². The fraction of sp³-hybridized carbons (Fsp3) is 0.429. The van der Waals surface area contributed by atoms with Crippen molar-refractivity contribution in [3.8, 4) is 0 Å². The quantitative estimate of drug-likeness (QED) is 0.710. The van der Waals surface area contributed by atoms with Gasteiger partial charge in [-0.15, -0.1) is 0 Å². The third-order valence-electron chi connectivity index (χ3n) is 8.10. The highest BCUT2D eigenvalue weighted by molar-refractivity contribution is 6.20. The normalized spacial score (nSPS) is 26.1. The maximum atomic E-state index is 11.0. The summed E-state index contributed by atoms with van der Waals surface area (Å²) >= 11 is 0. The SMILES string of the molecule is CN1C=C2C(=C(C3=CCN(C4CCC(CC(=O)O)CC4)CC3)C1)NN=C1C=Cc3cccc2c31. The van der Waals surface area contributed by atoms with Crippen molar-refractivity contribution in [2.45, 2.75) is 44.6 Å². The first-order chi connectivity index (χ1) is 16.6. The zero-order chi connectivity index (χ0) is 23.2. The number of hydrogen-bond acceptors (Lipinski definition) is 5. The number of fused-ring (bicyclic) bond motifs is 2. The number of carboxylic acids is 1. The van der Waals surface area contributed by atoms with Gasteiger partial charge in [0.1, 0.15) is 0 Å². The van der Waals surface area contributed by atoms with Crippen LogP contribution in [0.3, 0.4) is 0 Å². The second-order valence-corrected chi connectivity index (χ2v) is 10.3. The van der Waals surface area contributed by atoms with Crippen LogP contribution in [0.2, 0.25) is 0 Å². The molecule has 3 aliphatic heterocycles. The largest absolute Gasteiger partial charge is 0.481 e. The standard InChI is InChI=1S/C28H32N4O2/c1-31-16-23(19-11-13-32(14-12-19)21-8-5-18(6-9-21)15-26(33)34)28-24(17-31)22-4-2-3-20-7-10-25(27(20)22)29-30-28/h2-4,7,10-11,17-18,21,30H,5-6,8-9,12-16H2,1H3,(H,33,34). The van der Waals surface area contributed by atoms with Crippen LogP contribution in [0, 0.1) is 5.92 Å². The Labute approximate surface area is 201 Å². The lowest BCUT2D eigenvalue weighted by Crippen LogP contribution is -2.41. The molecule has 0 unspecified atom stereocenters. The molecule has 0 spiro atoms. The highest BCUT2D eigenvalue weighted by atomic mass is 16.4. The van der Waals surface area contributed by atoms with Crippen LogP contribution in [0.1, 0.15) is 55.2 Å². The molecule has 3 heterocycles. The molecule has 2 N–H and O–H groups in total. The van der Waals surface area contributed by atoms with Gasteiger partial charge in [0.2, 0.25) is 0 Å². The van der Waals surface area contributed by atoms with Crippen molar-refractivity contribution >= 4 is 23.3 Å². The maximum absolute atomic E-state index is 11.0. The number of hydrogen-bond donors (Lipinski definition) is 2. The number of nitrogens with one attached hydrogen (secondary N) is 1. The van der Waals surface area contributed by atoms with Gasteiger partial charge >= 0.3 is 5.97 Å². The van der Waals surface area contributed by atoms with E-state index >= 15 is 0 Å². The molecule has 1 fully saturated rings. The molecule has 0 bridgehead atoms. The summed E-state index contributed by atoms with van der Waals surface area (Å²) in [7, 11) is 2.16. The molecule has 2 aliphatic carbocycles. The summed E-state index contributed by atoms with van der Waals surface area (Å²) in [5.41, 5.74) is 13.3. The van der Waals surface area contributed by atoms with Crippen molar-refractivity contribution in [3.05, 3.63) is 70.1 Å². The van der Waals surface area contributed by atoms with E-state index in [9.17, 15) is 4.79 Å². The minimum atomic E-state index is -0.654. The minimum Gasteiger partial charge on any atom is -0.481 e. The Bertz CT molecular complexity index is 1180. The zero-order valence-electron chi connectivity index (χ0n) is 19.8. The van der Waals surface area contributed by atoms with Gasteiger partial charge in [0.15, 0.2) is 0 Å². The summed E-state index contributed by atoms with van der Waals surface area (Å²) in [6.07, 6.45) is 14.6. The highest BCUT2D eigenvalue weighted by Gasteiger charge is 2.32. The van der Waals surface area contributed by atoms with Gasteiger partial charge in [0, 0.05) is 62.1 Å². The summed E-state index contributed by atoms with van der Waals surface area (Å²) in [5, 5.41) is 13.9. The Morgan fingerprint density at radius 1 is 1.21 bits per heavy atom. The number of carbonyl (C=O) groups is 1. The van der Waals surface area contributed by atoms with E-state index in [1.165, 1.54) is 33.4 Å². The summed E-state index contributed by atoms with van der Waals surface area (Å²) in [6, 6.07) is 7.11. The van der Waals surface area contributed by atoms with Gasteiger partial charge in [0.25, 0.3) is 0 Å². The predicted octanol–water partition coefficient (Wildman–Crippen LogP) is 4.23. The Kier molecular flexibility index (Phi) is 5.41. The first-order valence-corrected chi connectivity index (χ1v) is 12.5. The number of hydrazone groups is 1. The Hall–Kier alpha value is -3.12. The fourth-order valence-corrected chi connectivity index (χ4v) is 6.35. The average Bonchev–Trinajstić information content (AvgIpc) is 3.19. The first kappa shape index (κ1) is 21.4. The number of aliphatic carboxylic acids is 1. The highest BCUT2D eigenvalue weighted by Crippen LogP contribution is 2.39. The van der Waals surface area contributed by atoms with Crippen molar-refractivity contribution < 1.29 is 9.90 Å². The van der Waals surface area contributed by atoms with Crippen molar-refractivity contribution in [2.24, 2.45) is 11.0 Å². The fourth-order valence-electron chi connectivity index (χ4n) is 6.35. The van der Waals surface area contributed by atoms with Crippen LogP contribution in [-0.4, -0.2) is 59.3 Å². The van der Waals surface area contributed by atoms with Crippen LogP contribution >= 0.6 is 0 Å². The first-order valence-electron chi connectivity index (χ1n) is 12.5. The molecule has 0 aromatic heterocycles. The van der Waals surface area contributed by atoms with E-state index in [0.29, 0.717) is 18.4 Å². The number of likely N-dealkylation sites (N-methyl/N-ethyl adjacent to an activating group) is 1. The van der Waals surface area contributed by atoms with Gasteiger partial charge < -0.3 is 10.0 Å². The van der Waals surface area contributed by atoms with E-state index in [4.69, 9.17) is 10.2 Å². The van der Waals surface area contributed by atoms with E-state index in [2.05, 4.69) is 64.9 Å².